The van der Waals surface area contributed by atoms with Crippen LogP contribution in [0.1, 0.15) is 10.4 Å². The number of nitro benzene ring substituents is 1. The molecule has 0 saturated carbocycles. The van der Waals surface area contributed by atoms with E-state index in [9.17, 15) is 14.9 Å². The standard InChI is InChI=1S/C14H9BrClNO4/c15-11-4-2-1-3-10(11)13(18)8-21-14-6-5-9(16)7-12(14)17(19)20/h1-7H,8H2. The molecule has 2 rings (SSSR count). The van der Waals surface area contributed by atoms with E-state index in [4.69, 9.17) is 16.3 Å². The summed E-state index contributed by atoms with van der Waals surface area (Å²) in [5, 5.41) is 11.1. The Morgan fingerprint density at radius 3 is 2.67 bits per heavy atom. The molecule has 0 aliphatic rings. The molecule has 0 atom stereocenters. The first kappa shape index (κ1) is 15.5. The van der Waals surface area contributed by atoms with Crippen molar-refractivity contribution in [3.05, 3.63) is 67.6 Å². The molecule has 2 aromatic carbocycles. The van der Waals surface area contributed by atoms with E-state index in [0.717, 1.165) is 0 Å². The summed E-state index contributed by atoms with van der Waals surface area (Å²) in [5.74, 6) is -0.281. The molecule has 0 heterocycles. The lowest BCUT2D eigenvalue weighted by Gasteiger charge is -2.07. The van der Waals surface area contributed by atoms with Gasteiger partial charge in [0, 0.05) is 21.1 Å². The van der Waals surface area contributed by atoms with Gasteiger partial charge in [-0.2, -0.15) is 0 Å². The first-order valence-corrected chi connectivity index (χ1v) is 7.00. The molecule has 0 unspecified atom stereocenters. The molecule has 0 bridgehead atoms. The van der Waals surface area contributed by atoms with Crippen LogP contribution in [0.2, 0.25) is 5.02 Å². The summed E-state index contributed by atoms with van der Waals surface area (Å²) in [7, 11) is 0. The van der Waals surface area contributed by atoms with Gasteiger partial charge in [0.05, 0.1) is 4.92 Å². The van der Waals surface area contributed by atoms with Crippen LogP contribution >= 0.6 is 27.5 Å². The highest BCUT2D eigenvalue weighted by atomic mass is 79.9. The summed E-state index contributed by atoms with van der Waals surface area (Å²) < 4.78 is 5.90. The molecule has 0 aliphatic heterocycles. The molecule has 21 heavy (non-hydrogen) atoms. The van der Waals surface area contributed by atoms with E-state index < -0.39 is 4.92 Å². The quantitative estimate of drug-likeness (QED) is 0.448. The molecule has 0 aliphatic carbocycles. The lowest BCUT2D eigenvalue weighted by atomic mass is 10.1. The molecule has 0 N–H and O–H groups in total. The fraction of sp³-hybridized carbons (Fsp3) is 0.0714. The first-order chi connectivity index (χ1) is 9.99. The van der Waals surface area contributed by atoms with E-state index in [0.29, 0.717) is 10.0 Å². The zero-order chi connectivity index (χ0) is 15.4. The Bertz CT molecular complexity index is 705. The minimum atomic E-state index is -0.607. The van der Waals surface area contributed by atoms with Gasteiger partial charge < -0.3 is 4.74 Å². The second kappa shape index (κ2) is 6.69. The van der Waals surface area contributed by atoms with E-state index in [1.807, 2.05) is 0 Å². The van der Waals surface area contributed by atoms with Gasteiger partial charge in [-0.25, -0.2) is 0 Å². The van der Waals surface area contributed by atoms with Crippen LogP contribution in [0.15, 0.2) is 46.9 Å². The van der Waals surface area contributed by atoms with Gasteiger partial charge in [-0.15, -0.1) is 0 Å². The third-order valence-electron chi connectivity index (χ3n) is 2.65. The molecule has 108 valence electrons. The number of halogens is 2. The van der Waals surface area contributed by atoms with E-state index in [1.54, 1.807) is 24.3 Å². The second-order valence-electron chi connectivity index (χ2n) is 4.06. The molecule has 0 saturated heterocycles. The minimum absolute atomic E-state index is 0.00445. The Balaban J connectivity index is 2.15. The van der Waals surface area contributed by atoms with Crippen molar-refractivity contribution in [1.29, 1.82) is 0 Å². The summed E-state index contributed by atoms with van der Waals surface area (Å²) in [6.45, 7) is -0.301. The maximum Gasteiger partial charge on any atom is 0.312 e. The maximum absolute atomic E-state index is 12.0. The van der Waals surface area contributed by atoms with Crippen molar-refractivity contribution in [3.63, 3.8) is 0 Å². The SMILES string of the molecule is O=C(COc1ccc(Cl)cc1[N+](=O)[O-])c1ccccc1Br. The monoisotopic (exact) mass is 369 g/mol. The number of rotatable bonds is 5. The van der Waals surface area contributed by atoms with Gasteiger partial charge in [0.15, 0.2) is 12.4 Å². The van der Waals surface area contributed by atoms with E-state index >= 15 is 0 Å². The molecular formula is C14H9BrClNO4. The lowest BCUT2D eigenvalue weighted by Crippen LogP contribution is -2.12. The van der Waals surface area contributed by atoms with Crippen molar-refractivity contribution in [2.75, 3.05) is 6.61 Å². The van der Waals surface area contributed by atoms with Crippen LogP contribution in [0.5, 0.6) is 5.75 Å². The third-order valence-corrected chi connectivity index (χ3v) is 3.58. The summed E-state index contributed by atoms with van der Waals surface area (Å²) in [4.78, 5) is 22.3. The fourth-order valence-electron chi connectivity index (χ4n) is 1.66. The summed E-state index contributed by atoms with van der Waals surface area (Å²) >= 11 is 8.98. The molecular weight excluding hydrogens is 362 g/mol. The van der Waals surface area contributed by atoms with Crippen molar-refractivity contribution in [2.45, 2.75) is 0 Å². The molecule has 0 fully saturated rings. The lowest BCUT2D eigenvalue weighted by molar-refractivity contribution is -0.385. The van der Waals surface area contributed by atoms with Gasteiger partial charge in [0.1, 0.15) is 0 Å². The van der Waals surface area contributed by atoms with Crippen LogP contribution in [0.25, 0.3) is 0 Å². The molecule has 0 amide bonds. The summed E-state index contributed by atoms with van der Waals surface area (Å²) in [5.41, 5.74) is 0.177. The van der Waals surface area contributed by atoms with Crippen molar-refractivity contribution in [2.24, 2.45) is 0 Å². The maximum atomic E-state index is 12.0. The predicted octanol–water partition coefficient (Wildman–Crippen LogP) is 4.27. The molecule has 7 heteroatoms. The van der Waals surface area contributed by atoms with Crippen LogP contribution in [0.4, 0.5) is 5.69 Å². The van der Waals surface area contributed by atoms with Gasteiger partial charge in [0.25, 0.3) is 0 Å². The highest BCUT2D eigenvalue weighted by molar-refractivity contribution is 9.10. The van der Waals surface area contributed by atoms with Crippen molar-refractivity contribution < 1.29 is 14.5 Å². The Morgan fingerprint density at radius 1 is 1.29 bits per heavy atom. The number of ether oxygens (including phenoxy) is 1. The molecule has 0 radical (unpaired) electrons. The Kier molecular flexibility index (Phi) is 4.93. The summed E-state index contributed by atoms with van der Waals surface area (Å²) in [6.07, 6.45) is 0. The number of Topliss-reactive ketones (excluding diaryl/α,β-unsaturated/α-hetero) is 1. The molecule has 5 nitrogen and oxygen atoms in total. The normalized spacial score (nSPS) is 10.2. The van der Waals surface area contributed by atoms with Crippen LogP contribution in [-0.2, 0) is 0 Å². The van der Waals surface area contributed by atoms with Crippen molar-refractivity contribution >= 4 is 39.0 Å². The van der Waals surface area contributed by atoms with Crippen molar-refractivity contribution in [3.8, 4) is 5.75 Å². The van der Waals surface area contributed by atoms with Crippen LogP contribution in [-0.4, -0.2) is 17.3 Å². The Morgan fingerprint density at radius 2 is 2.00 bits per heavy atom. The van der Waals surface area contributed by atoms with Gasteiger partial charge in [-0.3, -0.25) is 14.9 Å². The zero-order valence-electron chi connectivity index (χ0n) is 10.6. The van der Waals surface area contributed by atoms with Gasteiger partial charge >= 0.3 is 5.69 Å². The average Bonchev–Trinajstić information content (AvgIpc) is 2.46. The van der Waals surface area contributed by atoms with E-state index in [2.05, 4.69) is 15.9 Å². The minimum Gasteiger partial charge on any atom is -0.478 e. The number of nitrogens with zero attached hydrogens (tertiary/aromatic N) is 1. The van der Waals surface area contributed by atoms with Crippen LogP contribution in [0, 0.1) is 10.1 Å². The number of nitro groups is 1. The number of hydrogen-bond donors (Lipinski definition) is 0. The predicted molar refractivity (Wildman–Crippen MR) is 82.1 cm³/mol. The number of ketones is 1. The Labute approximate surface area is 133 Å². The van der Waals surface area contributed by atoms with Crippen LogP contribution in [0.3, 0.4) is 0 Å². The zero-order valence-corrected chi connectivity index (χ0v) is 12.9. The van der Waals surface area contributed by atoms with E-state index in [1.165, 1.54) is 18.2 Å². The molecule has 2 aromatic rings. The smallest absolute Gasteiger partial charge is 0.312 e. The number of carbonyl (C=O) groups excluding carboxylic acids is 1. The second-order valence-corrected chi connectivity index (χ2v) is 5.35. The average molecular weight is 371 g/mol. The van der Waals surface area contributed by atoms with E-state index in [-0.39, 0.29) is 28.8 Å². The highest BCUT2D eigenvalue weighted by Crippen LogP contribution is 2.30. The first-order valence-electron chi connectivity index (χ1n) is 5.83. The summed E-state index contributed by atoms with van der Waals surface area (Å²) in [6, 6.07) is 10.9. The van der Waals surface area contributed by atoms with Gasteiger partial charge in [0.2, 0.25) is 5.78 Å². The molecule has 0 spiro atoms. The Hall–Kier alpha value is -1.92. The fourth-order valence-corrected chi connectivity index (χ4v) is 2.34. The molecule has 0 aromatic heterocycles. The van der Waals surface area contributed by atoms with Crippen molar-refractivity contribution in [1.82, 2.24) is 0 Å². The number of hydrogen-bond acceptors (Lipinski definition) is 4. The topological polar surface area (TPSA) is 69.4 Å². The highest BCUT2D eigenvalue weighted by Gasteiger charge is 2.17. The van der Waals surface area contributed by atoms with Gasteiger partial charge in [-0.1, -0.05) is 45.7 Å². The van der Waals surface area contributed by atoms with Crippen LogP contribution < -0.4 is 4.74 Å². The number of carbonyl (C=O) groups is 1. The van der Waals surface area contributed by atoms with Gasteiger partial charge in [-0.05, 0) is 18.2 Å². The number of benzene rings is 2. The third kappa shape index (κ3) is 3.80. The largest absolute Gasteiger partial charge is 0.478 e.